The maximum absolute atomic E-state index is 12.5. The van der Waals surface area contributed by atoms with E-state index in [9.17, 15) is 4.79 Å². The number of benzene rings is 1. The lowest BCUT2D eigenvalue weighted by atomic mass is 9.97. The summed E-state index contributed by atoms with van der Waals surface area (Å²) in [6, 6.07) is 13.9. The molecule has 1 aromatic carbocycles. The number of anilines is 1. The second kappa shape index (κ2) is 7.47. The van der Waals surface area contributed by atoms with Crippen LogP contribution in [0.5, 0.6) is 0 Å². The number of carbonyl (C=O) groups is 1. The zero-order valence-electron chi connectivity index (χ0n) is 14.5. The highest BCUT2D eigenvalue weighted by molar-refractivity contribution is 5.79. The molecule has 1 N–H and O–H groups in total. The summed E-state index contributed by atoms with van der Waals surface area (Å²) < 4.78 is 1.42. The highest BCUT2D eigenvalue weighted by Gasteiger charge is 2.26. The largest absolute Gasteiger partial charge is 0.355 e. The molecule has 0 radical (unpaired) electrons. The Kier molecular flexibility index (Phi) is 4.72. The minimum atomic E-state index is -0.0223. The highest BCUT2D eigenvalue weighted by Crippen LogP contribution is 2.21. The molecule has 1 aliphatic heterocycles. The molecule has 2 aromatic heterocycles. The van der Waals surface area contributed by atoms with Gasteiger partial charge in [0.25, 0.3) is 0 Å². The first-order valence-corrected chi connectivity index (χ1v) is 8.91. The van der Waals surface area contributed by atoms with Crippen molar-refractivity contribution in [1.82, 2.24) is 30.6 Å². The van der Waals surface area contributed by atoms with Crippen LogP contribution in [0.1, 0.15) is 18.4 Å². The predicted octanol–water partition coefficient (Wildman–Crippen LogP) is 1.09. The molecule has 26 heavy (non-hydrogen) atoms. The van der Waals surface area contributed by atoms with Crippen molar-refractivity contribution in [2.45, 2.75) is 19.3 Å². The second-order valence-electron chi connectivity index (χ2n) is 6.53. The van der Waals surface area contributed by atoms with Crippen LogP contribution in [0.15, 0.2) is 42.5 Å². The van der Waals surface area contributed by atoms with E-state index in [-0.39, 0.29) is 11.8 Å². The molecule has 1 saturated heterocycles. The molecule has 4 rings (SSSR count). The maximum Gasteiger partial charge on any atom is 0.224 e. The lowest BCUT2D eigenvalue weighted by molar-refractivity contribution is -0.125. The molecule has 0 saturated carbocycles. The lowest BCUT2D eigenvalue weighted by Gasteiger charge is -2.32. The van der Waals surface area contributed by atoms with Gasteiger partial charge in [-0.2, -0.15) is 0 Å². The minimum Gasteiger partial charge on any atom is -0.355 e. The number of nitrogens with zero attached hydrogens (tertiary/aromatic N) is 6. The van der Waals surface area contributed by atoms with E-state index in [4.69, 9.17) is 0 Å². The Hall–Kier alpha value is -3.03. The number of hydrogen-bond acceptors (Lipinski definition) is 6. The van der Waals surface area contributed by atoms with E-state index < -0.39 is 0 Å². The van der Waals surface area contributed by atoms with Gasteiger partial charge in [-0.15, -0.1) is 14.8 Å². The number of hydrogen-bond donors (Lipinski definition) is 1. The fourth-order valence-electron chi connectivity index (χ4n) is 3.33. The number of fused-ring (bicyclic) bond motifs is 1. The summed E-state index contributed by atoms with van der Waals surface area (Å²) in [4.78, 5) is 14.7. The number of tetrazole rings is 1. The summed E-state index contributed by atoms with van der Waals surface area (Å²) in [5.74, 6) is 0.895. The summed E-state index contributed by atoms with van der Waals surface area (Å²) in [7, 11) is 0. The van der Waals surface area contributed by atoms with Gasteiger partial charge in [-0.05, 0) is 47.4 Å². The van der Waals surface area contributed by atoms with Gasteiger partial charge in [0.15, 0.2) is 11.5 Å². The molecule has 0 aliphatic carbocycles. The van der Waals surface area contributed by atoms with Crippen molar-refractivity contribution >= 4 is 17.4 Å². The topological polar surface area (TPSA) is 88.3 Å². The van der Waals surface area contributed by atoms with Crippen molar-refractivity contribution in [2.75, 3.05) is 24.5 Å². The Morgan fingerprint density at radius 2 is 2.08 bits per heavy atom. The Morgan fingerprint density at radius 3 is 2.96 bits per heavy atom. The van der Waals surface area contributed by atoms with E-state index in [1.54, 1.807) is 0 Å². The SMILES string of the molecule is O=C(NCCc1ccccc1)[C@H]1CCCN(c2ccc3nnnn3n2)C1. The zero-order valence-corrected chi connectivity index (χ0v) is 14.5. The van der Waals surface area contributed by atoms with Crippen LogP contribution in [-0.2, 0) is 11.2 Å². The molecular formula is C18H21N7O. The highest BCUT2D eigenvalue weighted by atomic mass is 16.1. The third kappa shape index (κ3) is 3.63. The number of amides is 1. The zero-order chi connectivity index (χ0) is 17.8. The van der Waals surface area contributed by atoms with E-state index in [1.165, 1.54) is 10.2 Å². The molecule has 1 fully saturated rings. The van der Waals surface area contributed by atoms with Crippen LogP contribution in [0.4, 0.5) is 5.82 Å². The second-order valence-corrected chi connectivity index (χ2v) is 6.53. The molecule has 134 valence electrons. The third-order valence-electron chi connectivity index (χ3n) is 4.73. The van der Waals surface area contributed by atoms with Gasteiger partial charge >= 0.3 is 0 Å². The smallest absolute Gasteiger partial charge is 0.224 e. The van der Waals surface area contributed by atoms with Gasteiger partial charge in [0.05, 0.1) is 5.92 Å². The van der Waals surface area contributed by atoms with E-state index in [2.05, 4.69) is 43.0 Å². The van der Waals surface area contributed by atoms with Crippen LogP contribution in [-0.4, -0.2) is 50.8 Å². The first-order chi connectivity index (χ1) is 12.8. The van der Waals surface area contributed by atoms with E-state index in [0.717, 1.165) is 31.6 Å². The Balaban J connectivity index is 1.34. The number of nitrogens with one attached hydrogen (secondary N) is 1. The normalized spacial score (nSPS) is 17.4. The van der Waals surface area contributed by atoms with Gasteiger partial charge in [0, 0.05) is 19.6 Å². The minimum absolute atomic E-state index is 0.0223. The quantitative estimate of drug-likeness (QED) is 0.740. The predicted molar refractivity (Wildman–Crippen MR) is 96.7 cm³/mol. The number of aromatic nitrogens is 5. The Labute approximate surface area is 151 Å². The van der Waals surface area contributed by atoms with Crippen LogP contribution < -0.4 is 10.2 Å². The average Bonchev–Trinajstić information content (AvgIpc) is 3.16. The van der Waals surface area contributed by atoms with Gasteiger partial charge in [0.1, 0.15) is 0 Å². The van der Waals surface area contributed by atoms with Gasteiger partial charge in [-0.25, -0.2) is 0 Å². The van der Waals surface area contributed by atoms with E-state index in [1.807, 2.05) is 30.3 Å². The van der Waals surface area contributed by atoms with Gasteiger partial charge < -0.3 is 10.2 Å². The van der Waals surface area contributed by atoms with Crippen LogP contribution in [0.3, 0.4) is 0 Å². The van der Waals surface area contributed by atoms with Crippen LogP contribution in [0.25, 0.3) is 5.65 Å². The maximum atomic E-state index is 12.5. The fourth-order valence-corrected chi connectivity index (χ4v) is 3.33. The van der Waals surface area contributed by atoms with Crippen molar-refractivity contribution in [1.29, 1.82) is 0 Å². The molecule has 1 aliphatic rings. The molecule has 8 heteroatoms. The number of rotatable bonds is 5. The molecule has 1 atom stereocenters. The molecule has 0 unspecified atom stereocenters. The van der Waals surface area contributed by atoms with Gasteiger partial charge in [-0.3, -0.25) is 4.79 Å². The van der Waals surface area contributed by atoms with Crippen molar-refractivity contribution in [3.8, 4) is 0 Å². The average molecular weight is 351 g/mol. The summed E-state index contributed by atoms with van der Waals surface area (Å²) in [5.41, 5.74) is 1.85. The Morgan fingerprint density at radius 1 is 1.19 bits per heavy atom. The van der Waals surface area contributed by atoms with Crippen LogP contribution >= 0.6 is 0 Å². The van der Waals surface area contributed by atoms with Gasteiger partial charge in [0.2, 0.25) is 5.91 Å². The summed E-state index contributed by atoms with van der Waals surface area (Å²) in [6.45, 7) is 2.21. The van der Waals surface area contributed by atoms with Gasteiger partial charge in [-0.1, -0.05) is 30.3 Å². The Bertz CT molecular complexity index is 879. The van der Waals surface area contributed by atoms with E-state index in [0.29, 0.717) is 18.7 Å². The van der Waals surface area contributed by atoms with Crippen molar-refractivity contribution in [2.24, 2.45) is 5.92 Å². The molecule has 3 aromatic rings. The lowest BCUT2D eigenvalue weighted by Crippen LogP contribution is -2.44. The van der Waals surface area contributed by atoms with Crippen LogP contribution in [0.2, 0.25) is 0 Å². The van der Waals surface area contributed by atoms with E-state index >= 15 is 0 Å². The van der Waals surface area contributed by atoms with Crippen molar-refractivity contribution in [3.05, 3.63) is 48.0 Å². The summed E-state index contributed by atoms with van der Waals surface area (Å²) in [5, 5.41) is 18.8. The van der Waals surface area contributed by atoms with Crippen molar-refractivity contribution in [3.63, 3.8) is 0 Å². The third-order valence-corrected chi connectivity index (χ3v) is 4.73. The molecule has 0 bridgehead atoms. The molecule has 1 amide bonds. The first-order valence-electron chi connectivity index (χ1n) is 8.91. The monoisotopic (exact) mass is 351 g/mol. The molecule has 8 nitrogen and oxygen atoms in total. The first kappa shape index (κ1) is 16.4. The number of carbonyl (C=O) groups excluding carboxylic acids is 1. The van der Waals surface area contributed by atoms with Crippen LogP contribution in [0, 0.1) is 5.92 Å². The molecular weight excluding hydrogens is 330 g/mol. The van der Waals surface area contributed by atoms with Crippen molar-refractivity contribution < 1.29 is 4.79 Å². The standard InChI is InChI=1S/C18H21N7O/c26-18(19-11-10-14-5-2-1-3-6-14)15-7-4-12-24(13-15)17-9-8-16-20-22-23-25(16)21-17/h1-3,5-6,8-9,15H,4,7,10-13H2,(H,19,26)/t15-/m0/s1. The molecule has 0 spiro atoms. The fraction of sp³-hybridized carbons (Fsp3) is 0.389. The number of piperidine rings is 1. The summed E-state index contributed by atoms with van der Waals surface area (Å²) >= 11 is 0. The summed E-state index contributed by atoms with van der Waals surface area (Å²) in [6.07, 6.45) is 2.72. The molecule has 3 heterocycles.